The summed E-state index contributed by atoms with van der Waals surface area (Å²) >= 11 is 0. The predicted molar refractivity (Wildman–Crippen MR) is 112 cm³/mol. The van der Waals surface area contributed by atoms with E-state index in [0.29, 0.717) is 30.0 Å². The molecule has 1 spiro atoms. The van der Waals surface area contributed by atoms with E-state index in [-0.39, 0.29) is 24.1 Å². The third-order valence-corrected chi connectivity index (χ3v) is 7.57. The number of carbonyl (C=O) groups excluding carboxylic acids is 3. The van der Waals surface area contributed by atoms with E-state index in [0.717, 1.165) is 25.2 Å². The molecule has 160 valence electrons. The van der Waals surface area contributed by atoms with Crippen molar-refractivity contribution in [3.05, 3.63) is 34.9 Å². The Bertz CT molecular complexity index is 877. The number of piperidine rings is 1. The standard InChI is InChI=1S/C23H30N4O3/c28-20-7-6-18(21(29)26-20)27-13-16-11-15(4-5-17(16)22(27)30)12-25-19-3-1-2-8-23(19)9-10-24-14-23/h4-5,11,18-19,24-25H,1-3,6-10,12-14H2,(H,26,28,29). The van der Waals surface area contributed by atoms with Gasteiger partial charge in [-0.3, -0.25) is 19.7 Å². The largest absolute Gasteiger partial charge is 0.322 e. The molecule has 7 heteroatoms. The minimum atomic E-state index is -0.555. The Morgan fingerprint density at radius 2 is 2.03 bits per heavy atom. The van der Waals surface area contributed by atoms with Crippen molar-refractivity contribution in [3.8, 4) is 0 Å². The van der Waals surface area contributed by atoms with E-state index < -0.39 is 6.04 Å². The first-order valence-electron chi connectivity index (χ1n) is 11.3. The summed E-state index contributed by atoms with van der Waals surface area (Å²) in [6.07, 6.45) is 7.09. The summed E-state index contributed by atoms with van der Waals surface area (Å²) in [5.74, 6) is -0.726. The molecule has 2 saturated heterocycles. The molecule has 1 aromatic carbocycles. The van der Waals surface area contributed by atoms with Gasteiger partial charge in [0.1, 0.15) is 6.04 Å². The van der Waals surface area contributed by atoms with Gasteiger partial charge < -0.3 is 15.5 Å². The highest BCUT2D eigenvalue weighted by Crippen LogP contribution is 2.41. The van der Waals surface area contributed by atoms with Crippen LogP contribution in [0.3, 0.4) is 0 Å². The van der Waals surface area contributed by atoms with Gasteiger partial charge in [0, 0.05) is 37.7 Å². The van der Waals surface area contributed by atoms with Gasteiger partial charge in [-0.05, 0) is 54.8 Å². The molecule has 3 amide bonds. The van der Waals surface area contributed by atoms with Crippen molar-refractivity contribution in [2.24, 2.45) is 5.41 Å². The summed E-state index contributed by atoms with van der Waals surface area (Å²) < 4.78 is 0. The zero-order valence-electron chi connectivity index (χ0n) is 17.3. The quantitative estimate of drug-likeness (QED) is 0.654. The first-order chi connectivity index (χ1) is 14.6. The monoisotopic (exact) mass is 410 g/mol. The Kier molecular flexibility index (Phi) is 5.11. The van der Waals surface area contributed by atoms with Gasteiger partial charge in [0.15, 0.2) is 0 Å². The lowest BCUT2D eigenvalue weighted by atomic mass is 9.69. The fourth-order valence-corrected chi connectivity index (χ4v) is 5.88. The van der Waals surface area contributed by atoms with E-state index >= 15 is 0 Å². The Morgan fingerprint density at radius 3 is 2.83 bits per heavy atom. The lowest BCUT2D eigenvalue weighted by Crippen LogP contribution is -2.52. The van der Waals surface area contributed by atoms with Gasteiger partial charge in [-0.2, -0.15) is 0 Å². The third kappa shape index (κ3) is 3.44. The summed E-state index contributed by atoms with van der Waals surface area (Å²) in [7, 11) is 0. The molecular weight excluding hydrogens is 380 g/mol. The molecule has 3 unspecified atom stereocenters. The van der Waals surface area contributed by atoms with E-state index in [1.165, 1.54) is 37.7 Å². The molecule has 1 aliphatic carbocycles. The molecule has 0 aromatic heterocycles. The van der Waals surface area contributed by atoms with E-state index in [2.05, 4.69) is 22.0 Å². The normalized spacial score (nSPS) is 31.3. The molecule has 3 atom stereocenters. The number of hydrogen-bond acceptors (Lipinski definition) is 5. The zero-order valence-corrected chi connectivity index (χ0v) is 17.3. The number of fused-ring (bicyclic) bond motifs is 1. The number of carbonyl (C=O) groups is 3. The lowest BCUT2D eigenvalue weighted by Gasteiger charge is -2.41. The van der Waals surface area contributed by atoms with Crippen LogP contribution >= 0.6 is 0 Å². The van der Waals surface area contributed by atoms with E-state index in [9.17, 15) is 14.4 Å². The van der Waals surface area contributed by atoms with Crippen LogP contribution in [0.4, 0.5) is 0 Å². The third-order valence-electron chi connectivity index (χ3n) is 7.57. The van der Waals surface area contributed by atoms with Crippen LogP contribution in [0, 0.1) is 5.41 Å². The molecule has 5 rings (SSSR count). The smallest absolute Gasteiger partial charge is 0.255 e. The van der Waals surface area contributed by atoms with E-state index in [1.807, 2.05) is 12.1 Å². The molecule has 4 aliphatic rings. The van der Waals surface area contributed by atoms with Crippen LogP contribution < -0.4 is 16.0 Å². The number of hydrogen-bond donors (Lipinski definition) is 3. The van der Waals surface area contributed by atoms with Crippen molar-refractivity contribution >= 4 is 17.7 Å². The molecule has 7 nitrogen and oxygen atoms in total. The van der Waals surface area contributed by atoms with Gasteiger partial charge >= 0.3 is 0 Å². The molecule has 0 bridgehead atoms. The highest BCUT2D eigenvalue weighted by atomic mass is 16.2. The second-order valence-electron chi connectivity index (χ2n) is 9.36. The molecule has 3 aliphatic heterocycles. The number of nitrogens with zero attached hydrogens (tertiary/aromatic N) is 1. The van der Waals surface area contributed by atoms with Crippen LogP contribution in [0.25, 0.3) is 0 Å². The van der Waals surface area contributed by atoms with Gasteiger partial charge in [0.05, 0.1) is 0 Å². The SMILES string of the molecule is O=C1CCC(N2Cc3cc(CNC4CCCCC45CCNC5)ccc3C2=O)C(=O)N1. The highest BCUT2D eigenvalue weighted by Gasteiger charge is 2.42. The maximum Gasteiger partial charge on any atom is 0.255 e. The van der Waals surface area contributed by atoms with Gasteiger partial charge in [-0.1, -0.05) is 25.0 Å². The summed E-state index contributed by atoms with van der Waals surface area (Å²) in [6, 6.07) is 6.01. The van der Waals surface area contributed by atoms with Crippen LogP contribution in [0.2, 0.25) is 0 Å². The van der Waals surface area contributed by atoms with Crippen molar-refractivity contribution in [1.82, 2.24) is 20.9 Å². The molecule has 3 N–H and O–H groups in total. The number of nitrogens with one attached hydrogen (secondary N) is 3. The topological polar surface area (TPSA) is 90.5 Å². The number of benzene rings is 1. The van der Waals surface area contributed by atoms with E-state index in [1.54, 1.807) is 4.90 Å². The fourth-order valence-electron chi connectivity index (χ4n) is 5.88. The number of rotatable bonds is 4. The van der Waals surface area contributed by atoms with Crippen molar-refractivity contribution in [3.63, 3.8) is 0 Å². The molecule has 3 heterocycles. The van der Waals surface area contributed by atoms with Gasteiger partial charge in [-0.15, -0.1) is 0 Å². The summed E-state index contributed by atoms with van der Waals surface area (Å²) in [5.41, 5.74) is 3.23. The Balaban J connectivity index is 1.26. The van der Waals surface area contributed by atoms with Crippen LogP contribution in [0.15, 0.2) is 18.2 Å². The molecule has 1 aromatic rings. The fraction of sp³-hybridized carbons (Fsp3) is 0.609. The van der Waals surface area contributed by atoms with Crippen molar-refractivity contribution in [1.29, 1.82) is 0 Å². The van der Waals surface area contributed by atoms with Crippen molar-refractivity contribution in [2.75, 3.05) is 13.1 Å². The molecule has 1 saturated carbocycles. The number of imide groups is 1. The zero-order chi connectivity index (χ0) is 20.7. The molecule has 0 radical (unpaired) electrons. The van der Waals surface area contributed by atoms with Gasteiger partial charge in [0.25, 0.3) is 5.91 Å². The van der Waals surface area contributed by atoms with Crippen LogP contribution in [0.5, 0.6) is 0 Å². The maximum atomic E-state index is 12.8. The van der Waals surface area contributed by atoms with Gasteiger partial charge in [0.2, 0.25) is 11.8 Å². The lowest BCUT2D eigenvalue weighted by molar-refractivity contribution is -0.136. The minimum absolute atomic E-state index is 0.109. The number of amides is 3. The second-order valence-corrected chi connectivity index (χ2v) is 9.36. The summed E-state index contributed by atoms with van der Waals surface area (Å²) in [4.78, 5) is 38.1. The average Bonchev–Trinajstić information content (AvgIpc) is 3.33. The van der Waals surface area contributed by atoms with Crippen molar-refractivity contribution in [2.45, 2.75) is 70.1 Å². The first-order valence-corrected chi connectivity index (χ1v) is 11.3. The molecular formula is C23H30N4O3. The second kappa shape index (κ2) is 7.78. The molecule has 30 heavy (non-hydrogen) atoms. The van der Waals surface area contributed by atoms with Crippen LogP contribution in [-0.2, 0) is 22.7 Å². The van der Waals surface area contributed by atoms with Crippen molar-refractivity contribution < 1.29 is 14.4 Å². The first kappa shape index (κ1) is 19.7. The predicted octanol–water partition coefficient (Wildman–Crippen LogP) is 1.46. The minimum Gasteiger partial charge on any atom is -0.322 e. The summed E-state index contributed by atoms with van der Waals surface area (Å²) in [6.45, 7) is 3.47. The Hall–Kier alpha value is -2.25. The van der Waals surface area contributed by atoms with Gasteiger partial charge in [-0.25, -0.2) is 0 Å². The Morgan fingerprint density at radius 1 is 1.13 bits per heavy atom. The average molecular weight is 411 g/mol. The summed E-state index contributed by atoms with van der Waals surface area (Å²) in [5, 5.41) is 9.73. The highest BCUT2D eigenvalue weighted by molar-refractivity contribution is 6.05. The maximum absolute atomic E-state index is 12.8. The molecule has 3 fully saturated rings. The van der Waals surface area contributed by atoms with Crippen LogP contribution in [-0.4, -0.2) is 47.8 Å². The Labute approximate surface area is 177 Å². The van der Waals surface area contributed by atoms with Crippen LogP contribution in [0.1, 0.15) is 66.4 Å². The van der Waals surface area contributed by atoms with E-state index in [4.69, 9.17) is 0 Å².